The number of amides is 1. The van der Waals surface area contributed by atoms with Crippen LogP contribution in [0.3, 0.4) is 0 Å². The molecule has 0 aliphatic carbocycles. The van der Waals surface area contributed by atoms with Crippen molar-refractivity contribution in [2.45, 2.75) is 70.9 Å². The lowest BCUT2D eigenvalue weighted by atomic mass is 9.91. The number of nitrogens with zero attached hydrogens (tertiary/aromatic N) is 1. The monoisotopic (exact) mass is 252 g/mol. The van der Waals surface area contributed by atoms with Crippen molar-refractivity contribution in [1.82, 2.24) is 10.2 Å². The third kappa shape index (κ3) is 3.25. The van der Waals surface area contributed by atoms with Crippen LogP contribution in [0.15, 0.2) is 0 Å². The van der Waals surface area contributed by atoms with Crippen molar-refractivity contribution in [2.75, 3.05) is 13.1 Å². The second kappa shape index (κ2) is 6.55. The van der Waals surface area contributed by atoms with Gasteiger partial charge in [0.25, 0.3) is 0 Å². The van der Waals surface area contributed by atoms with Gasteiger partial charge in [-0.2, -0.15) is 0 Å². The highest BCUT2D eigenvalue weighted by atomic mass is 16.2. The van der Waals surface area contributed by atoms with Crippen molar-refractivity contribution in [2.24, 2.45) is 5.92 Å². The van der Waals surface area contributed by atoms with Gasteiger partial charge in [-0.15, -0.1) is 0 Å². The zero-order chi connectivity index (χ0) is 13.0. The molecule has 3 unspecified atom stereocenters. The first-order valence-electron chi connectivity index (χ1n) is 7.76. The molecule has 0 saturated carbocycles. The zero-order valence-electron chi connectivity index (χ0n) is 12.0. The van der Waals surface area contributed by atoms with E-state index in [-0.39, 0.29) is 6.04 Å². The molecule has 2 fully saturated rings. The van der Waals surface area contributed by atoms with Crippen LogP contribution in [-0.4, -0.2) is 36.0 Å². The largest absolute Gasteiger partial charge is 0.338 e. The zero-order valence-corrected chi connectivity index (χ0v) is 12.0. The van der Waals surface area contributed by atoms with E-state index in [0.717, 1.165) is 19.5 Å². The summed E-state index contributed by atoms with van der Waals surface area (Å²) in [6.07, 6.45) is 8.28. The lowest BCUT2D eigenvalue weighted by molar-refractivity contribution is -0.138. The summed E-state index contributed by atoms with van der Waals surface area (Å²) in [6, 6.07) is 0.599. The van der Waals surface area contributed by atoms with Crippen molar-refractivity contribution in [3.8, 4) is 0 Å². The number of carbonyl (C=O) groups is 1. The van der Waals surface area contributed by atoms with Crippen LogP contribution in [0.25, 0.3) is 0 Å². The van der Waals surface area contributed by atoms with E-state index in [4.69, 9.17) is 0 Å². The Balaban J connectivity index is 1.96. The SMILES string of the molecule is CCCC1CCCCN1C(=O)C1CC(C)CCN1. The average Bonchev–Trinajstić information content (AvgIpc) is 2.39. The van der Waals surface area contributed by atoms with Crippen LogP contribution in [0.5, 0.6) is 0 Å². The lowest BCUT2D eigenvalue weighted by Gasteiger charge is -2.39. The number of carbonyl (C=O) groups excluding carboxylic acids is 1. The Morgan fingerprint density at radius 3 is 2.89 bits per heavy atom. The number of piperidine rings is 2. The molecule has 18 heavy (non-hydrogen) atoms. The van der Waals surface area contributed by atoms with E-state index < -0.39 is 0 Å². The van der Waals surface area contributed by atoms with E-state index in [9.17, 15) is 4.79 Å². The first-order chi connectivity index (χ1) is 8.72. The van der Waals surface area contributed by atoms with Crippen LogP contribution in [0, 0.1) is 5.92 Å². The number of rotatable bonds is 3. The van der Waals surface area contributed by atoms with Crippen LogP contribution >= 0.6 is 0 Å². The molecule has 0 aromatic rings. The van der Waals surface area contributed by atoms with Crippen molar-refractivity contribution < 1.29 is 4.79 Å². The maximum Gasteiger partial charge on any atom is 0.239 e. The summed E-state index contributed by atoms with van der Waals surface area (Å²) < 4.78 is 0. The normalized spacial score (nSPS) is 33.4. The molecule has 2 aliphatic heterocycles. The molecule has 2 rings (SSSR count). The molecular weight excluding hydrogens is 224 g/mol. The third-order valence-corrected chi connectivity index (χ3v) is 4.50. The minimum absolute atomic E-state index is 0.0891. The molecule has 0 spiro atoms. The van der Waals surface area contributed by atoms with Gasteiger partial charge in [-0.1, -0.05) is 20.3 Å². The Morgan fingerprint density at radius 1 is 1.33 bits per heavy atom. The van der Waals surface area contributed by atoms with E-state index in [0.29, 0.717) is 17.9 Å². The topological polar surface area (TPSA) is 32.3 Å². The van der Waals surface area contributed by atoms with Gasteiger partial charge in [0.05, 0.1) is 6.04 Å². The Bertz CT molecular complexity index is 278. The summed E-state index contributed by atoms with van der Waals surface area (Å²) in [5.74, 6) is 1.06. The van der Waals surface area contributed by atoms with Gasteiger partial charge in [0.15, 0.2) is 0 Å². The van der Waals surface area contributed by atoms with E-state index in [2.05, 4.69) is 24.1 Å². The number of hydrogen-bond donors (Lipinski definition) is 1. The van der Waals surface area contributed by atoms with Crippen molar-refractivity contribution >= 4 is 5.91 Å². The molecule has 104 valence electrons. The van der Waals surface area contributed by atoms with Crippen LogP contribution in [-0.2, 0) is 4.79 Å². The molecule has 0 bridgehead atoms. The minimum atomic E-state index is 0.0891. The minimum Gasteiger partial charge on any atom is -0.338 e. The van der Waals surface area contributed by atoms with Gasteiger partial charge in [0.1, 0.15) is 0 Å². The third-order valence-electron chi connectivity index (χ3n) is 4.50. The lowest BCUT2D eigenvalue weighted by Crippen LogP contribution is -2.54. The predicted octanol–water partition coefficient (Wildman–Crippen LogP) is 2.56. The van der Waals surface area contributed by atoms with Crippen LogP contribution in [0.4, 0.5) is 0 Å². The summed E-state index contributed by atoms with van der Waals surface area (Å²) in [4.78, 5) is 14.8. The van der Waals surface area contributed by atoms with Gasteiger partial charge in [0.2, 0.25) is 5.91 Å². The molecule has 2 aliphatic rings. The molecule has 0 aromatic heterocycles. The second-order valence-corrected chi connectivity index (χ2v) is 6.11. The molecule has 1 amide bonds. The Labute approximate surface area is 111 Å². The standard InChI is InChI=1S/C15H28N2O/c1-3-6-13-7-4-5-10-17(13)15(18)14-11-12(2)8-9-16-14/h12-14,16H,3-11H2,1-2H3. The molecule has 3 nitrogen and oxygen atoms in total. The van der Waals surface area contributed by atoms with Gasteiger partial charge in [-0.3, -0.25) is 4.79 Å². The van der Waals surface area contributed by atoms with Gasteiger partial charge < -0.3 is 10.2 Å². The van der Waals surface area contributed by atoms with Crippen molar-refractivity contribution in [3.05, 3.63) is 0 Å². The smallest absolute Gasteiger partial charge is 0.239 e. The molecule has 2 heterocycles. The quantitative estimate of drug-likeness (QED) is 0.837. The summed E-state index contributed by atoms with van der Waals surface area (Å²) in [5.41, 5.74) is 0. The first kappa shape index (κ1) is 13.9. The number of hydrogen-bond acceptors (Lipinski definition) is 2. The van der Waals surface area contributed by atoms with Gasteiger partial charge >= 0.3 is 0 Å². The van der Waals surface area contributed by atoms with Crippen molar-refractivity contribution in [3.63, 3.8) is 0 Å². The van der Waals surface area contributed by atoms with Crippen LogP contribution < -0.4 is 5.32 Å². The number of nitrogens with one attached hydrogen (secondary N) is 1. The fourth-order valence-corrected chi connectivity index (χ4v) is 3.42. The van der Waals surface area contributed by atoms with E-state index in [1.54, 1.807) is 0 Å². The maximum atomic E-state index is 12.6. The van der Waals surface area contributed by atoms with Gasteiger partial charge in [-0.25, -0.2) is 0 Å². The van der Waals surface area contributed by atoms with Gasteiger partial charge in [0, 0.05) is 12.6 Å². The van der Waals surface area contributed by atoms with Crippen molar-refractivity contribution in [1.29, 1.82) is 0 Å². The Morgan fingerprint density at radius 2 is 2.17 bits per heavy atom. The molecular formula is C15H28N2O. The maximum absolute atomic E-state index is 12.6. The summed E-state index contributed by atoms with van der Waals surface area (Å²) in [6.45, 7) is 6.47. The van der Waals surface area contributed by atoms with E-state index in [1.807, 2.05) is 0 Å². The summed E-state index contributed by atoms with van der Waals surface area (Å²) in [5, 5.41) is 3.42. The van der Waals surface area contributed by atoms with E-state index >= 15 is 0 Å². The molecule has 3 atom stereocenters. The molecule has 1 N–H and O–H groups in total. The fraction of sp³-hybridized carbons (Fsp3) is 0.933. The molecule has 2 saturated heterocycles. The second-order valence-electron chi connectivity index (χ2n) is 6.11. The molecule has 3 heteroatoms. The Hall–Kier alpha value is -0.570. The highest BCUT2D eigenvalue weighted by molar-refractivity contribution is 5.82. The summed E-state index contributed by atoms with van der Waals surface area (Å²) >= 11 is 0. The van der Waals surface area contributed by atoms with Crippen LogP contribution in [0.1, 0.15) is 58.8 Å². The van der Waals surface area contributed by atoms with Crippen LogP contribution in [0.2, 0.25) is 0 Å². The number of likely N-dealkylation sites (tertiary alicyclic amines) is 1. The first-order valence-corrected chi connectivity index (χ1v) is 7.76. The Kier molecular flexibility index (Phi) is 5.04. The summed E-state index contributed by atoms with van der Waals surface area (Å²) in [7, 11) is 0. The van der Waals surface area contributed by atoms with E-state index in [1.165, 1.54) is 38.5 Å². The molecule has 0 radical (unpaired) electrons. The highest BCUT2D eigenvalue weighted by Crippen LogP contribution is 2.24. The average molecular weight is 252 g/mol. The van der Waals surface area contributed by atoms with Gasteiger partial charge in [-0.05, 0) is 51.0 Å². The fourth-order valence-electron chi connectivity index (χ4n) is 3.42. The highest BCUT2D eigenvalue weighted by Gasteiger charge is 2.32. The molecule has 0 aromatic carbocycles. The predicted molar refractivity (Wildman–Crippen MR) is 74.4 cm³/mol.